The number of rotatable bonds is 6. The fourth-order valence-corrected chi connectivity index (χ4v) is 2.61. The van der Waals surface area contributed by atoms with E-state index in [0.29, 0.717) is 12.5 Å². The number of carbonyl (C=O) groups is 1. The van der Waals surface area contributed by atoms with Crippen LogP contribution in [0.25, 0.3) is 0 Å². The molecular weight excluding hydrogens is 236 g/mol. The predicted molar refractivity (Wildman–Crippen MR) is 78.0 cm³/mol. The number of nitrogens with one attached hydrogen (secondary N) is 2. The highest BCUT2D eigenvalue weighted by Gasteiger charge is 2.22. The summed E-state index contributed by atoms with van der Waals surface area (Å²) < 4.78 is 0. The van der Waals surface area contributed by atoms with Crippen LogP contribution < -0.4 is 10.6 Å². The maximum Gasteiger partial charge on any atom is 0.220 e. The molecule has 3 heteroatoms. The van der Waals surface area contributed by atoms with E-state index in [-0.39, 0.29) is 11.9 Å². The second-order valence-electron chi connectivity index (χ2n) is 5.57. The Balaban J connectivity index is 1.75. The minimum absolute atomic E-state index is 0.173. The van der Waals surface area contributed by atoms with Crippen LogP contribution in [0.1, 0.15) is 50.3 Å². The molecule has 1 aliphatic carbocycles. The molecule has 0 heterocycles. The van der Waals surface area contributed by atoms with Gasteiger partial charge in [-0.15, -0.1) is 0 Å². The number of aryl methyl sites for hydroxylation is 1. The van der Waals surface area contributed by atoms with Gasteiger partial charge in [-0.05, 0) is 36.9 Å². The zero-order valence-electron chi connectivity index (χ0n) is 11.9. The van der Waals surface area contributed by atoms with Crippen LogP contribution >= 0.6 is 0 Å². The third kappa shape index (κ3) is 4.06. The molecule has 0 aromatic heterocycles. The van der Waals surface area contributed by atoms with Crippen molar-refractivity contribution >= 4 is 5.91 Å². The van der Waals surface area contributed by atoms with Crippen molar-refractivity contribution in [1.29, 1.82) is 0 Å². The number of hydrogen-bond donors (Lipinski definition) is 2. The largest absolute Gasteiger partial charge is 0.349 e. The van der Waals surface area contributed by atoms with Gasteiger partial charge in [-0.1, -0.05) is 38.1 Å². The number of benzene rings is 1. The molecule has 19 heavy (non-hydrogen) atoms. The molecule has 0 fully saturated rings. The molecule has 2 N–H and O–H groups in total. The van der Waals surface area contributed by atoms with Crippen molar-refractivity contribution in [2.45, 2.75) is 51.6 Å². The van der Waals surface area contributed by atoms with Crippen molar-refractivity contribution in [3.8, 4) is 0 Å². The van der Waals surface area contributed by atoms with Gasteiger partial charge in [0.2, 0.25) is 5.91 Å². The summed E-state index contributed by atoms with van der Waals surface area (Å²) in [6.07, 6.45) is 3.63. The third-order valence-electron chi connectivity index (χ3n) is 3.60. The maximum absolute atomic E-state index is 11.9. The first-order valence-corrected chi connectivity index (χ1v) is 7.27. The van der Waals surface area contributed by atoms with Crippen LogP contribution in [0.3, 0.4) is 0 Å². The fourth-order valence-electron chi connectivity index (χ4n) is 2.61. The lowest BCUT2D eigenvalue weighted by Crippen LogP contribution is -2.29. The van der Waals surface area contributed by atoms with Gasteiger partial charge in [0.1, 0.15) is 0 Å². The van der Waals surface area contributed by atoms with Crippen molar-refractivity contribution in [3.05, 3.63) is 35.4 Å². The van der Waals surface area contributed by atoms with Crippen molar-refractivity contribution < 1.29 is 4.79 Å². The highest BCUT2D eigenvalue weighted by atomic mass is 16.1. The van der Waals surface area contributed by atoms with Crippen LogP contribution in [0.2, 0.25) is 0 Å². The van der Waals surface area contributed by atoms with Gasteiger partial charge in [-0.2, -0.15) is 0 Å². The summed E-state index contributed by atoms with van der Waals surface area (Å²) in [5.41, 5.74) is 2.69. The molecule has 1 aliphatic rings. The van der Waals surface area contributed by atoms with E-state index in [1.807, 2.05) is 0 Å². The lowest BCUT2D eigenvalue weighted by atomic mass is 10.1. The second-order valence-corrected chi connectivity index (χ2v) is 5.57. The lowest BCUT2D eigenvalue weighted by Gasteiger charge is -2.14. The van der Waals surface area contributed by atoms with E-state index >= 15 is 0 Å². The summed E-state index contributed by atoms with van der Waals surface area (Å²) in [5, 5.41) is 6.49. The first-order valence-electron chi connectivity index (χ1n) is 7.27. The monoisotopic (exact) mass is 260 g/mol. The summed E-state index contributed by atoms with van der Waals surface area (Å²) in [4.78, 5) is 11.9. The highest BCUT2D eigenvalue weighted by Crippen LogP contribution is 2.30. The Hall–Kier alpha value is -1.35. The van der Waals surface area contributed by atoms with Gasteiger partial charge in [0.15, 0.2) is 0 Å². The Morgan fingerprint density at radius 3 is 2.95 bits per heavy atom. The molecule has 1 unspecified atom stereocenters. The number of amides is 1. The summed E-state index contributed by atoms with van der Waals surface area (Å²) in [6, 6.07) is 9.13. The number of hydrogen-bond acceptors (Lipinski definition) is 2. The quantitative estimate of drug-likeness (QED) is 0.772. The van der Waals surface area contributed by atoms with Crippen molar-refractivity contribution in [2.24, 2.45) is 0 Å². The van der Waals surface area contributed by atoms with Crippen LogP contribution in [0.5, 0.6) is 0 Å². The zero-order chi connectivity index (χ0) is 13.7. The molecule has 0 radical (unpaired) electrons. The minimum atomic E-state index is 0.173. The zero-order valence-corrected chi connectivity index (χ0v) is 11.9. The van der Waals surface area contributed by atoms with Gasteiger partial charge in [-0.25, -0.2) is 0 Å². The van der Waals surface area contributed by atoms with Crippen molar-refractivity contribution in [2.75, 3.05) is 6.54 Å². The Morgan fingerprint density at radius 1 is 1.37 bits per heavy atom. The molecule has 1 atom stereocenters. The highest BCUT2D eigenvalue weighted by molar-refractivity contribution is 5.76. The lowest BCUT2D eigenvalue weighted by molar-refractivity contribution is -0.121. The first-order chi connectivity index (χ1) is 9.16. The van der Waals surface area contributed by atoms with Gasteiger partial charge >= 0.3 is 0 Å². The number of fused-ring (bicyclic) bond motifs is 1. The van der Waals surface area contributed by atoms with Crippen LogP contribution in [0.15, 0.2) is 24.3 Å². The topological polar surface area (TPSA) is 41.1 Å². The minimum Gasteiger partial charge on any atom is -0.349 e. The van der Waals surface area contributed by atoms with E-state index in [4.69, 9.17) is 0 Å². The Morgan fingerprint density at radius 2 is 2.16 bits per heavy atom. The molecule has 1 amide bonds. The molecular formula is C16H24N2O. The van der Waals surface area contributed by atoms with Crippen molar-refractivity contribution in [3.63, 3.8) is 0 Å². The Labute approximate surface area is 115 Å². The third-order valence-corrected chi connectivity index (χ3v) is 3.60. The SMILES string of the molecule is CC(C)NCCCC(=O)NC1CCc2ccccc21. The van der Waals surface area contributed by atoms with Gasteiger partial charge < -0.3 is 10.6 Å². The first kappa shape index (κ1) is 14.1. The summed E-state index contributed by atoms with van der Waals surface area (Å²) in [7, 11) is 0. The molecule has 1 aromatic rings. The van der Waals surface area contributed by atoms with Gasteiger partial charge in [0, 0.05) is 12.5 Å². The Kier molecular flexibility index (Phi) is 4.97. The summed E-state index contributed by atoms with van der Waals surface area (Å²) >= 11 is 0. The van der Waals surface area contributed by atoms with E-state index in [0.717, 1.165) is 25.8 Å². The van der Waals surface area contributed by atoms with Crippen LogP contribution in [0, 0.1) is 0 Å². The average molecular weight is 260 g/mol. The molecule has 0 saturated carbocycles. The molecule has 0 aliphatic heterocycles. The van der Waals surface area contributed by atoms with E-state index in [9.17, 15) is 4.79 Å². The molecule has 0 bridgehead atoms. The Bertz CT molecular complexity index is 429. The van der Waals surface area contributed by atoms with E-state index in [1.54, 1.807) is 0 Å². The molecule has 3 nitrogen and oxygen atoms in total. The molecule has 104 valence electrons. The molecule has 0 spiro atoms. The van der Waals surface area contributed by atoms with Gasteiger partial charge in [0.05, 0.1) is 6.04 Å². The average Bonchev–Trinajstić information content (AvgIpc) is 2.78. The van der Waals surface area contributed by atoms with Gasteiger partial charge in [-0.3, -0.25) is 4.79 Å². The van der Waals surface area contributed by atoms with Crippen molar-refractivity contribution in [1.82, 2.24) is 10.6 Å². The van der Waals surface area contributed by atoms with E-state index in [2.05, 4.69) is 48.7 Å². The standard InChI is InChI=1S/C16H24N2O/c1-12(2)17-11-5-8-16(19)18-15-10-9-13-6-3-4-7-14(13)15/h3-4,6-7,12,15,17H,5,8-11H2,1-2H3,(H,18,19). The van der Waals surface area contributed by atoms with E-state index in [1.165, 1.54) is 11.1 Å². The second kappa shape index (κ2) is 6.71. The van der Waals surface area contributed by atoms with Crippen LogP contribution in [-0.2, 0) is 11.2 Å². The molecule has 1 aromatic carbocycles. The fraction of sp³-hybridized carbons (Fsp3) is 0.562. The predicted octanol–water partition coefficient (Wildman–Crippen LogP) is 2.57. The smallest absolute Gasteiger partial charge is 0.220 e. The summed E-state index contributed by atoms with van der Waals surface area (Å²) in [5.74, 6) is 0.173. The normalized spacial score (nSPS) is 17.5. The maximum atomic E-state index is 11.9. The molecule has 2 rings (SSSR count). The summed E-state index contributed by atoms with van der Waals surface area (Å²) in [6.45, 7) is 5.15. The number of carbonyl (C=O) groups excluding carboxylic acids is 1. The van der Waals surface area contributed by atoms with Crippen LogP contribution in [-0.4, -0.2) is 18.5 Å². The molecule has 0 saturated heterocycles. The van der Waals surface area contributed by atoms with Gasteiger partial charge in [0.25, 0.3) is 0 Å². The van der Waals surface area contributed by atoms with E-state index < -0.39 is 0 Å². The van der Waals surface area contributed by atoms with Crippen LogP contribution in [0.4, 0.5) is 0 Å².